The third-order valence-corrected chi connectivity index (χ3v) is 3.02. The van der Waals surface area contributed by atoms with Crippen LogP contribution in [0.3, 0.4) is 0 Å². The van der Waals surface area contributed by atoms with Crippen molar-refractivity contribution in [3.05, 3.63) is 59.3 Å². The van der Waals surface area contributed by atoms with Crippen molar-refractivity contribution < 1.29 is 14.0 Å². The molecule has 2 rings (SSSR count). The summed E-state index contributed by atoms with van der Waals surface area (Å²) in [6.45, 7) is 2.39. The molecule has 0 aliphatic heterocycles. The Balaban J connectivity index is 2.13. The second-order valence-corrected chi connectivity index (χ2v) is 4.40. The lowest BCUT2D eigenvalue weighted by Crippen LogP contribution is -2.22. The smallest absolute Gasteiger partial charge is 0.170 e. The van der Waals surface area contributed by atoms with Gasteiger partial charge in [0.15, 0.2) is 5.84 Å². The van der Waals surface area contributed by atoms with Gasteiger partial charge in [-0.3, -0.25) is 0 Å². The molecule has 0 saturated heterocycles. The summed E-state index contributed by atoms with van der Waals surface area (Å²) in [5, 5.41) is 14.9. The molecule has 1 atom stereocenters. The summed E-state index contributed by atoms with van der Waals surface area (Å²) in [5.74, 6) is 0.249. The van der Waals surface area contributed by atoms with Gasteiger partial charge in [-0.2, -0.15) is 0 Å². The third kappa shape index (κ3) is 3.16. The highest BCUT2D eigenvalue weighted by atomic mass is 19.1. The van der Waals surface area contributed by atoms with Gasteiger partial charge in [-0.1, -0.05) is 11.2 Å². The van der Waals surface area contributed by atoms with Crippen molar-refractivity contribution in [1.29, 1.82) is 0 Å². The fraction of sp³-hybridized carbons (Fsp3) is 0.214. The van der Waals surface area contributed by atoms with Crippen LogP contribution < -0.4 is 11.1 Å². The van der Waals surface area contributed by atoms with Gasteiger partial charge in [-0.15, -0.1) is 0 Å². The van der Waals surface area contributed by atoms with Gasteiger partial charge in [0.2, 0.25) is 0 Å². The Morgan fingerprint density at radius 2 is 2.30 bits per heavy atom. The Morgan fingerprint density at radius 3 is 2.95 bits per heavy atom. The highest BCUT2D eigenvalue weighted by Crippen LogP contribution is 2.16. The number of nitrogens with zero attached hydrogens (tertiary/aromatic N) is 1. The fourth-order valence-corrected chi connectivity index (χ4v) is 1.90. The van der Waals surface area contributed by atoms with Crippen molar-refractivity contribution in [2.24, 2.45) is 10.9 Å². The van der Waals surface area contributed by atoms with Crippen molar-refractivity contribution in [1.82, 2.24) is 5.32 Å². The van der Waals surface area contributed by atoms with Crippen molar-refractivity contribution in [2.75, 3.05) is 0 Å². The number of hydrogen-bond acceptors (Lipinski definition) is 4. The Bertz CT molecular complexity index is 596. The summed E-state index contributed by atoms with van der Waals surface area (Å²) in [6, 6.07) is 7.85. The molecule has 0 radical (unpaired) electrons. The number of halogens is 1. The number of hydrogen-bond donors (Lipinski definition) is 3. The van der Waals surface area contributed by atoms with E-state index in [2.05, 4.69) is 10.5 Å². The summed E-state index contributed by atoms with van der Waals surface area (Å²) in [4.78, 5) is 0. The summed E-state index contributed by atoms with van der Waals surface area (Å²) in [6.07, 6.45) is 1.60. The molecule has 0 unspecified atom stereocenters. The number of nitrogens with two attached hydrogens (primary N) is 1. The minimum absolute atomic E-state index is 0.00445. The van der Waals surface area contributed by atoms with E-state index < -0.39 is 5.82 Å². The topological polar surface area (TPSA) is 83.8 Å². The quantitative estimate of drug-likeness (QED) is 0.339. The first-order valence-electron chi connectivity index (χ1n) is 6.15. The molecule has 0 aliphatic carbocycles. The van der Waals surface area contributed by atoms with Gasteiger partial charge >= 0.3 is 0 Å². The van der Waals surface area contributed by atoms with Crippen LogP contribution in [0.1, 0.15) is 29.9 Å². The zero-order valence-electron chi connectivity index (χ0n) is 11.0. The molecule has 0 fully saturated rings. The number of nitrogens with one attached hydrogen (secondary N) is 1. The fourth-order valence-electron chi connectivity index (χ4n) is 1.90. The van der Waals surface area contributed by atoms with Gasteiger partial charge in [0.05, 0.1) is 12.3 Å². The van der Waals surface area contributed by atoms with Crippen LogP contribution >= 0.6 is 0 Å². The molecule has 0 bridgehead atoms. The zero-order chi connectivity index (χ0) is 14.5. The van der Waals surface area contributed by atoms with Gasteiger partial charge in [-0.25, -0.2) is 4.39 Å². The van der Waals surface area contributed by atoms with E-state index in [0.717, 1.165) is 11.3 Å². The maximum atomic E-state index is 13.2. The minimum atomic E-state index is -0.436. The average molecular weight is 277 g/mol. The van der Waals surface area contributed by atoms with Crippen LogP contribution in [0.2, 0.25) is 0 Å². The second kappa shape index (κ2) is 6.21. The molecule has 106 valence electrons. The SMILES string of the molecule is C[C@H](NCc1ccc(F)cc1/C(N)=N/O)c1ccco1. The average Bonchev–Trinajstić information content (AvgIpc) is 2.99. The van der Waals surface area contributed by atoms with Crippen molar-refractivity contribution in [2.45, 2.75) is 19.5 Å². The van der Waals surface area contributed by atoms with Crippen LogP contribution in [0, 0.1) is 5.82 Å². The summed E-state index contributed by atoms with van der Waals surface area (Å²) in [5.41, 5.74) is 6.66. The number of amidine groups is 1. The van der Waals surface area contributed by atoms with Gasteiger partial charge < -0.3 is 20.7 Å². The number of benzene rings is 1. The monoisotopic (exact) mass is 277 g/mol. The molecule has 0 saturated carbocycles. The first kappa shape index (κ1) is 14.1. The van der Waals surface area contributed by atoms with Crippen LogP contribution in [0.4, 0.5) is 4.39 Å². The van der Waals surface area contributed by atoms with E-state index in [1.165, 1.54) is 12.1 Å². The first-order valence-corrected chi connectivity index (χ1v) is 6.15. The molecule has 4 N–H and O–H groups in total. The molecule has 0 amide bonds. The summed E-state index contributed by atoms with van der Waals surface area (Å²) in [7, 11) is 0. The molecule has 20 heavy (non-hydrogen) atoms. The Labute approximate surface area is 115 Å². The lowest BCUT2D eigenvalue weighted by atomic mass is 10.1. The first-order chi connectivity index (χ1) is 9.61. The van der Waals surface area contributed by atoms with E-state index in [1.807, 2.05) is 19.1 Å². The van der Waals surface area contributed by atoms with Crippen LogP contribution in [0.25, 0.3) is 0 Å². The van der Waals surface area contributed by atoms with Crippen LogP contribution in [-0.4, -0.2) is 11.0 Å². The lowest BCUT2D eigenvalue weighted by molar-refractivity contribution is 0.318. The van der Waals surface area contributed by atoms with E-state index in [9.17, 15) is 4.39 Å². The molecule has 0 spiro atoms. The predicted molar refractivity (Wildman–Crippen MR) is 72.9 cm³/mol. The normalized spacial score (nSPS) is 13.4. The van der Waals surface area contributed by atoms with Crippen molar-refractivity contribution in [3.63, 3.8) is 0 Å². The molecule has 1 aromatic carbocycles. The van der Waals surface area contributed by atoms with Gasteiger partial charge in [-0.05, 0) is 36.8 Å². The van der Waals surface area contributed by atoms with E-state index in [0.29, 0.717) is 12.1 Å². The second-order valence-electron chi connectivity index (χ2n) is 4.40. The van der Waals surface area contributed by atoms with Crippen LogP contribution in [0.5, 0.6) is 0 Å². The van der Waals surface area contributed by atoms with Gasteiger partial charge in [0, 0.05) is 12.1 Å². The number of rotatable bonds is 5. The standard InChI is InChI=1S/C14H16FN3O2/c1-9(13-3-2-6-20-13)17-8-10-4-5-11(15)7-12(10)14(16)18-19/h2-7,9,17,19H,8H2,1H3,(H2,16,18)/t9-/m0/s1. The molecular weight excluding hydrogens is 261 g/mol. The van der Waals surface area contributed by atoms with E-state index >= 15 is 0 Å². The van der Waals surface area contributed by atoms with E-state index in [4.69, 9.17) is 15.4 Å². The molecule has 1 aromatic heterocycles. The van der Waals surface area contributed by atoms with Crippen molar-refractivity contribution >= 4 is 5.84 Å². The molecule has 5 nitrogen and oxygen atoms in total. The maximum absolute atomic E-state index is 13.2. The van der Waals surface area contributed by atoms with Gasteiger partial charge in [0.25, 0.3) is 0 Å². The van der Waals surface area contributed by atoms with Gasteiger partial charge in [0.1, 0.15) is 11.6 Å². The van der Waals surface area contributed by atoms with Crippen molar-refractivity contribution in [3.8, 4) is 0 Å². The molecule has 2 aromatic rings. The van der Waals surface area contributed by atoms with E-state index in [-0.39, 0.29) is 11.9 Å². The molecule has 0 aliphatic rings. The minimum Gasteiger partial charge on any atom is -0.468 e. The van der Waals surface area contributed by atoms with Crippen LogP contribution in [0.15, 0.2) is 46.2 Å². The van der Waals surface area contributed by atoms with Crippen LogP contribution in [-0.2, 0) is 6.54 Å². The third-order valence-electron chi connectivity index (χ3n) is 3.02. The highest BCUT2D eigenvalue weighted by molar-refractivity contribution is 5.98. The summed E-state index contributed by atoms with van der Waals surface area (Å²) < 4.78 is 18.5. The Kier molecular flexibility index (Phi) is 4.37. The Hall–Kier alpha value is -2.34. The molecule has 6 heteroatoms. The lowest BCUT2D eigenvalue weighted by Gasteiger charge is -2.13. The molecular formula is C14H16FN3O2. The number of oxime groups is 1. The zero-order valence-corrected chi connectivity index (χ0v) is 11.0. The largest absolute Gasteiger partial charge is 0.468 e. The maximum Gasteiger partial charge on any atom is 0.170 e. The van der Waals surface area contributed by atoms with E-state index in [1.54, 1.807) is 12.3 Å². The Morgan fingerprint density at radius 1 is 1.50 bits per heavy atom. The summed E-state index contributed by atoms with van der Waals surface area (Å²) >= 11 is 0. The molecule has 1 heterocycles. The highest BCUT2D eigenvalue weighted by Gasteiger charge is 2.12. The predicted octanol–water partition coefficient (Wildman–Crippen LogP) is 2.36. The number of furan rings is 1.